The molecular weight excluding hydrogens is 218 g/mol. The SMILES string of the molecule is CCOC(C)(C)c1noc([C@@H](N)C(C)(C)C)n1. The van der Waals surface area contributed by atoms with E-state index in [1.807, 2.05) is 41.5 Å². The summed E-state index contributed by atoms with van der Waals surface area (Å²) in [5, 5.41) is 3.95. The Balaban J connectivity index is 2.92. The molecule has 1 atom stereocenters. The topological polar surface area (TPSA) is 74.2 Å². The van der Waals surface area contributed by atoms with Crippen LogP contribution >= 0.6 is 0 Å². The Morgan fingerprint density at radius 2 is 1.88 bits per heavy atom. The van der Waals surface area contributed by atoms with E-state index < -0.39 is 5.60 Å². The van der Waals surface area contributed by atoms with Crippen molar-refractivity contribution in [3.05, 3.63) is 11.7 Å². The zero-order chi connectivity index (χ0) is 13.3. The third-order valence-corrected chi connectivity index (χ3v) is 2.68. The number of nitrogens with zero attached hydrogens (tertiary/aromatic N) is 2. The summed E-state index contributed by atoms with van der Waals surface area (Å²) < 4.78 is 10.8. The van der Waals surface area contributed by atoms with Crippen LogP contribution in [-0.4, -0.2) is 16.7 Å². The minimum atomic E-state index is -0.548. The lowest BCUT2D eigenvalue weighted by Crippen LogP contribution is -2.27. The molecule has 5 heteroatoms. The highest BCUT2D eigenvalue weighted by molar-refractivity contribution is 5.01. The maximum absolute atomic E-state index is 6.07. The molecule has 17 heavy (non-hydrogen) atoms. The fraction of sp³-hybridized carbons (Fsp3) is 0.833. The molecule has 1 aromatic rings. The number of nitrogens with two attached hydrogens (primary N) is 1. The average molecular weight is 241 g/mol. The van der Waals surface area contributed by atoms with Crippen LogP contribution in [0.4, 0.5) is 0 Å². The number of hydrogen-bond donors (Lipinski definition) is 1. The molecule has 0 aliphatic carbocycles. The van der Waals surface area contributed by atoms with E-state index in [0.29, 0.717) is 18.3 Å². The Kier molecular flexibility index (Phi) is 3.94. The number of ether oxygens (including phenoxy) is 1. The fourth-order valence-electron chi connectivity index (χ4n) is 1.40. The van der Waals surface area contributed by atoms with Gasteiger partial charge in [0, 0.05) is 6.61 Å². The summed E-state index contributed by atoms with van der Waals surface area (Å²) in [6, 6.07) is -0.277. The molecule has 0 saturated heterocycles. The summed E-state index contributed by atoms with van der Waals surface area (Å²) in [6.45, 7) is 12.5. The Hall–Kier alpha value is -0.940. The molecule has 0 radical (unpaired) electrons. The molecule has 1 heterocycles. The lowest BCUT2D eigenvalue weighted by atomic mass is 9.87. The monoisotopic (exact) mass is 241 g/mol. The van der Waals surface area contributed by atoms with Crippen LogP contribution < -0.4 is 5.73 Å². The van der Waals surface area contributed by atoms with Crippen molar-refractivity contribution in [2.24, 2.45) is 11.1 Å². The van der Waals surface area contributed by atoms with Crippen LogP contribution in [0.3, 0.4) is 0 Å². The molecule has 0 unspecified atom stereocenters. The first-order valence-corrected chi connectivity index (χ1v) is 5.92. The lowest BCUT2D eigenvalue weighted by molar-refractivity contribution is -0.0221. The van der Waals surface area contributed by atoms with Crippen LogP contribution in [0.5, 0.6) is 0 Å². The number of aromatic nitrogens is 2. The Morgan fingerprint density at radius 1 is 1.29 bits per heavy atom. The lowest BCUT2D eigenvalue weighted by Gasteiger charge is -2.23. The van der Waals surface area contributed by atoms with E-state index >= 15 is 0 Å². The van der Waals surface area contributed by atoms with Crippen LogP contribution in [0, 0.1) is 5.41 Å². The van der Waals surface area contributed by atoms with Crippen LogP contribution in [0.2, 0.25) is 0 Å². The Morgan fingerprint density at radius 3 is 2.35 bits per heavy atom. The first-order valence-electron chi connectivity index (χ1n) is 5.92. The molecule has 0 saturated carbocycles. The van der Waals surface area contributed by atoms with Gasteiger partial charge in [0.05, 0.1) is 6.04 Å². The van der Waals surface area contributed by atoms with E-state index in [-0.39, 0.29) is 11.5 Å². The fourth-order valence-corrected chi connectivity index (χ4v) is 1.40. The smallest absolute Gasteiger partial charge is 0.244 e. The molecule has 1 aromatic heterocycles. The van der Waals surface area contributed by atoms with Crippen molar-refractivity contribution in [3.8, 4) is 0 Å². The standard InChI is InChI=1S/C12H23N3O2/c1-7-16-12(5,6)10-14-9(17-15-10)8(13)11(2,3)4/h8H,7,13H2,1-6H3/t8-/m1/s1. The van der Waals surface area contributed by atoms with Gasteiger partial charge in [-0.25, -0.2) is 0 Å². The van der Waals surface area contributed by atoms with Crippen LogP contribution in [0.15, 0.2) is 4.52 Å². The van der Waals surface area contributed by atoms with Gasteiger partial charge in [-0.2, -0.15) is 4.98 Å². The minimum Gasteiger partial charge on any atom is -0.368 e. The van der Waals surface area contributed by atoms with Crippen LogP contribution in [0.1, 0.15) is 59.3 Å². The largest absolute Gasteiger partial charge is 0.368 e. The summed E-state index contributed by atoms with van der Waals surface area (Å²) in [4.78, 5) is 4.34. The Labute approximate surface area is 103 Å². The van der Waals surface area contributed by atoms with Gasteiger partial charge in [0.2, 0.25) is 11.7 Å². The minimum absolute atomic E-state index is 0.112. The third kappa shape index (κ3) is 3.26. The molecule has 98 valence electrons. The Bertz CT molecular complexity index is 366. The highest BCUT2D eigenvalue weighted by Gasteiger charge is 2.32. The highest BCUT2D eigenvalue weighted by atomic mass is 16.5. The van der Waals surface area contributed by atoms with Gasteiger partial charge in [-0.1, -0.05) is 25.9 Å². The number of hydrogen-bond acceptors (Lipinski definition) is 5. The van der Waals surface area contributed by atoms with E-state index in [9.17, 15) is 0 Å². The molecule has 5 nitrogen and oxygen atoms in total. The van der Waals surface area contributed by atoms with Gasteiger partial charge in [0.25, 0.3) is 0 Å². The molecule has 1 rings (SSSR count). The second-order valence-electron chi connectivity index (χ2n) is 5.74. The van der Waals surface area contributed by atoms with E-state index in [4.69, 9.17) is 15.0 Å². The van der Waals surface area contributed by atoms with E-state index in [1.54, 1.807) is 0 Å². The van der Waals surface area contributed by atoms with Crippen LogP contribution in [0.25, 0.3) is 0 Å². The van der Waals surface area contributed by atoms with Gasteiger partial charge in [-0.3, -0.25) is 0 Å². The molecule has 0 aliphatic rings. The molecular formula is C12H23N3O2. The van der Waals surface area contributed by atoms with Crippen molar-refractivity contribution in [1.29, 1.82) is 0 Å². The van der Waals surface area contributed by atoms with Crippen molar-refractivity contribution >= 4 is 0 Å². The van der Waals surface area contributed by atoms with Crippen molar-refractivity contribution in [2.75, 3.05) is 6.61 Å². The molecule has 0 fully saturated rings. The maximum Gasteiger partial charge on any atom is 0.244 e. The summed E-state index contributed by atoms with van der Waals surface area (Å²) >= 11 is 0. The van der Waals surface area contributed by atoms with Gasteiger partial charge in [-0.05, 0) is 26.2 Å². The molecule has 0 bridgehead atoms. The molecule has 0 aromatic carbocycles. The van der Waals surface area contributed by atoms with E-state index in [2.05, 4.69) is 10.1 Å². The summed E-state index contributed by atoms with van der Waals surface area (Å²) in [5.74, 6) is 0.995. The van der Waals surface area contributed by atoms with Gasteiger partial charge in [-0.15, -0.1) is 0 Å². The van der Waals surface area contributed by atoms with Gasteiger partial charge in [0.1, 0.15) is 5.60 Å². The van der Waals surface area contributed by atoms with Crippen molar-refractivity contribution in [1.82, 2.24) is 10.1 Å². The van der Waals surface area contributed by atoms with Crippen molar-refractivity contribution < 1.29 is 9.26 Å². The third-order valence-electron chi connectivity index (χ3n) is 2.68. The van der Waals surface area contributed by atoms with Crippen molar-refractivity contribution in [3.63, 3.8) is 0 Å². The summed E-state index contributed by atoms with van der Waals surface area (Å²) in [7, 11) is 0. The van der Waals surface area contributed by atoms with Gasteiger partial charge < -0.3 is 15.0 Å². The molecule has 0 aliphatic heterocycles. The molecule has 0 amide bonds. The average Bonchev–Trinajstić information content (AvgIpc) is 2.64. The molecule has 2 N–H and O–H groups in total. The van der Waals surface area contributed by atoms with Crippen molar-refractivity contribution in [2.45, 2.75) is 53.2 Å². The predicted octanol–water partition coefficient (Wildman–Crippen LogP) is 2.39. The first kappa shape index (κ1) is 14.1. The normalized spacial score (nSPS) is 15.0. The van der Waals surface area contributed by atoms with Gasteiger partial charge in [0.15, 0.2) is 0 Å². The zero-order valence-electron chi connectivity index (χ0n) is 11.6. The van der Waals surface area contributed by atoms with E-state index in [1.165, 1.54) is 0 Å². The predicted molar refractivity (Wildman–Crippen MR) is 65.3 cm³/mol. The second kappa shape index (κ2) is 4.74. The first-order chi connectivity index (χ1) is 7.68. The maximum atomic E-state index is 6.07. The van der Waals surface area contributed by atoms with Crippen LogP contribution in [-0.2, 0) is 10.3 Å². The quantitative estimate of drug-likeness (QED) is 0.876. The summed E-state index contributed by atoms with van der Waals surface area (Å²) in [6.07, 6.45) is 0. The van der Waals surface area contributed by atoms with E-state index in [0.717, 1.165) is 0 Å². The summed E-state index contributed by atoms with van der Waals surface area (Å²) in [5.41, 5.74) is 5.41. The number of rotatable bonds is 4. The highest BCUT2D eigenvalue weighted by Crippen LogP contribution is 2.31. The second-order valence-corrected chi connectivity index (χ2v) is 5.74. The molecule has 0 spiro atoms. The zero-order valence-corrected chi connectivity index (χ0v) is 11.6. The van der Waals surface area contributed by atoms with Gasteiger partial charge >= 0.3 is 0 Å².